The Morgan fingerprint density at radius 1 is 1.33 bits per heavy atom. The average Bonchev–Trinajstić information content (AvgIpc) is 2.36. The van der Waals surface area contributed by atoms with Gasteiger partial charge in [0.15, 0.2) is 0 Å². The fraction of sp³-hybridized carbons (Fsp3) is 0.786. The number of esters is 1. The molecule has 2 atom stereocenters. The monoisotopic (exact) mass is 300 g/mol. The van der Waals surface area contributed by atoms with Gasteiger partial charge in [-0.3, -0.25) is 9.59 Å². The number of piperidine rings is 1. The van der Waals surface area contributed by atoms with Crippen molar-refractivity contribution < 1.29 is 24.2 Å². The van der Waals surface area contributed by atoms with Crippen molar-refractivity contribution in [2.24, 2.45) is 0 Å². The lowest BCUT2D eigenvalue weighted by molar-refractivity contribution is -0.158. The van der Waals surface area contributed by atoms with Crippen LogP contribution in [0, 0.1) is 0 Å². The minimum absolute atomic E-state index is 0.384. The summed E-state index contributed by atoms with van der Waals surface area (Å²) in [7, 11) is 0. The second-order valence-electron chi connectivity index (χ2n) is 6.19. The second kappa shape index (κ2) is 7.40. The van der Waals surface area contributed by atoms with Gasteiger partial charge in [-0.05, 0) is 40.2 Å². The van der Waals surface area contributed by atoms with Crippen LogP contribution in [0.5, 0.6) is 0 Å². The number of rotatable bonds is 5. The molecule has 7 heteroatoms. The Hall–Kier alpha value is -1.63. The zero-order valence-electron chi connectivity index (χ0n) is 12.8. The number of carbonyl (C=O) groups is 3. The minimum atomic E-state index is -1.27. The number of aliphatic carboxylic acids is 1. The maximum atomic E-state index is 12.0. The van der Waals surface area contributed by atoms with Gasteiger partial charge in [0.25, 0.3) is 0 Å². The van der Waals surface area contributed by atoms with Crippen LogP contribution < -0.4 is 10.6 Å². The van der Waals surface area contributed by atoms with Crippen molar-refractivity contribution in [2.75, 3.05) is 6.54 Å². The lowest BCUT2D eigenvalue weighted by Gasteiger charge is -2.25. The highest BCUT2D eigenvalue weighted by Gasteiger charge is 2.29. The predicted octanol–water partition coefficient (Wildman–Crippen LogP) is 0.430. The normalized spacial score (nSPS) is 20.4. The zero-order chi connectivity index (χ0) is 16.0. The van der Waals surface area contributed by atoms with Crippen LogP contribution in [-0.4, -0.2) is 47.2 Å². The molecule has 0 aromatic carbocycles. The van der Waals surface area contributed by atoms with Crippen LogP contribution in [0.25, 0.3) is 0 Å². The summed E-state index contributed by atoms with van der Waals surface area (Å²) >= 11 is 0. The summed E-state index contributed by atoms with van der Waals surface area (Å²) in [4.78, 5) is 34.8. The molecule has 1 aliphatic rings. The van der Waals surface area contributed by atoms with Crippen molar-refractivity contribution in [3.05, 3.63) is 0 Å². The number of carboxylic acids is 1. The molecule has 1 rings (SSSR count). The molecule has 0 aromatic heterocycles. The first-order valence-electron chi connectivity index (χ1n) is 7.17. The van der Waals surface area contributed by atoms with E-state index in [0.717, 1.165) is 19.4 Å². The molecule has 1 heterocycles. The van der Waals surface area contributed by atoms with Gasteiger partial charge in [-0.2, -0.15) is 0 Å². The summed E-state index contributed by atoms with van der Waals surface area (Å²) in [6.45, 7) is 5.84. The van der Waals surface area contributed by atoms with Crippen molar-refractivity contribution in [1.29, 1.82) is 0 Å². The third-order valence-corrected chi connectivity index (χ3v) is 3.03. The summed E-state index contributed by atoms with van der Waals surface area (Å²) in [5.41, 5.74) is -0.685. The van der Waals surface area contributed by atoms with Gasteiger partial charge in [0.2, 0.25) is 5.91 Å². The number of carbonyl (C=O) groups excluding carboxylic acids is 2. The average molecular weight is 300 g/mol. The molecule has 120 valence electrons. The van der Waals surface area contributed by atoms with E-state index in [-0.39, 0.29) is 18.4 Å². The van der Waals surface area contributed by atoms with Gasteiger partial charge in [0.05, 0.1) is 12.5 Å². The smallest absolute Gasteiger partial charge is 0.326 e. The number of carboxylic acid groups (broad SMARTS) is 1. The lowest BCUT2D eigenvalue weighted by atomic mass is 10.0. The molecule has 0 bridgehead atoms. The maximum absolute atomic E-state index is 12.0. The van der Waals surface area contributed by atoms with Crippen LogP contribution in [-0.2, 0) is 19.1 Å². The molecular formula is C14H24N2O5. The Morgan fingerprint density at radius 2 is 2.00 bits per heavy atom. The molecule has 0 spiro atoms. The zero-order valence-corrected chi connectivity index (χ0v) is 12.8. The van der Waals surface area contributed by atoms with Crippen LogP contribution in [0.2, 0.25) is 0 Å². The van der Waals surface area contributed by atoms with Gasteiger partial charge >= 0.3 is 11.9 Å². The van der Waals surface area contributed by atoms with E-state index < -0.39 is 23.6 Å². The number of hydrogen-bond acceptors (Lipinski definition) is 5. The molecular weight excluding hydrogens is 276 g/mol. The van der Waals surface area contributed by atoms with Crippen molar-refractivity contribution in [2.45, 2.75) is 64.1 Å². The summed E-state index contributed by atoms with van der Waals surface area (Å²) in [6.07, 6.45) is 2.22. The molecule has 0 saturated carbocycles. The number of amides is 1. The van der Waals surface area contributed by atoms with Gasteiger partial charge in [-0.25, -0.2) is 4.79 Å². The van der Waals surface area contributed by atoms with Gasteiger partial charge in [-0.1, -0.05) is 6.42 Å². The van der Waals surface area contributed by atoms with Crippen LogP contribution in [0.1, 0.15) is 46.5 Å². The SMILES string of the molecule is CC(C)(C)OC(=O)C[C@H](NC(=O)C1CCCCN1)C(=O)O. The van der Waals surface area contributed by atoms with Gasteiger partial charge in [0, 0.05) is 0 Å². The first-order valence-corrected chi connectivity index (χ1v) is 7.17. The van der Waals surface area contributed by atoms with Crippen LogP contribution in [0.4, 0.5) is 0 Å². The molecule has 1 fully saturated rings. The Kier molecular flexibility index (Phi) is 6.14. The number of ether oxygens (including phenoxy) is 1. The highest BCUT2D eigenvalue weighted by atomic mass is 16.6. The Labute approximate surface area is 124 Å². The summed E-state index contributed by atoms with van der Waals surface area (Å²) in [5, 5.41) is 14.6. The van der Waals surface area contributed by atoms with E-state index >= 15 is 0 Å². The molecule has 0 radical (unpaired) electrons. The molecule has 21 heavy (non-hydrogen) atoms. The molecule has 0 aliphatic carbocycles. The first-order chi connectivity index (χ1) is 9.69. The van der Waals surface area contributed by atoms with Crippen molar-refractivity contribution >= 4 is 17.8 Å². The van der Waals surface area contributed by atoms with E-state index in [9.17, 15) is 14.4 Å². The van der Waals surface area contributed by atoms with E-state index in [2.05, 4.69) is 10.6 Å². The largest absolute Gasteiger partial charge is 0.480 e. The standard InChI is InChI=1S/C14H24N2O5/c1-14(2,3)21-11(17)8-10(13(19)20)16-12(18)9-6-4-5-7-15-9/h9-10,15H,4-8H2,1-3H3,(H,16,18)(H,19,20)/t9?,10-/m0/s1. The second-order valence-corrected chi connectivity index (χ2v) is 6.19. The van der Waals surface area contributed by atoms with E-state index in [4.69, 9.17) is 9.84 Å². The highest BCUT2D eigenvalue weighted by molar-refractivity contribution is 5.89. The molecule has 7 nitrogen and oxygen atoms in total. The fourth-order valence-corrected chi connectivity index (χ4v) is 2.10. The summed E-state index contributed by atoms with van der Waals surface area (Å²) in [5.74, 6) is -2.28. The maximum Gasteiger partial charge on any atom is 0.326 e. The molecule has 1 aliphatic heterocycles. The molecule has 1 saturated heterocycles. The highest BCUT2D eigenvalue weighted by Crippen LogP contribution is 2.11. The van der Waals surface area contributed by atoms with Crippen LogP contribution in [0.3, 0.4) is 0 Å². The van der Waals surface area contributed by atoms with Crippen molar-refractivity contribution in [3.63, 3.8) is 0 Å². The van der Waals surface area contributed by atoms with E-state index in [1.807, 2.05) is 0 Å². The van der Waals surface area contributed by atoms with Gasteiger partial charge in [0.1, 0.15) is 11.6 Å². The third kappa shape index (κ3) is 6.57. The van der Waals surface area contributed by atoms with Crippen LogP contribution >= 0.6 is 0 Å². The van der Waals surface area contributed by atoms with Gasteiger partial charge < -0.3 is 20.5 Å². The Morgan fingerprint density at radius 3 is 2.48 bits per heavy atom. The van der Waals surface area contributed by atoms with E-state index in [1.54, 1.807) is 20.8 Å². The minimum Gasteiger partial charge on any atom is -0.480 e. The summed E-state index contributed by atoms with van der Waals surface area (Å²) < 4.78 is 5.08. The number of hydrogen-bond donors (Lipinski definition) is 3. The third-order valence-electron chi connectivity index (χ3n) is 3.03. The van der Waals surface area contributed by atoms with E-state index in [0.29, 0.717) is 6.42 Å². The topological polar surface area (TPSA) is 105 Å². The van der Waals surface area contributed by atoms with Crippen molar-refractivity contribution in [1.82, 2.24) is 10.6 Å². The Bertz CT molecular complexity index is 397. The quantitative estimate of drug-likeness (QED) is 0.636. The van der Waals surface area contributed by atoms with Crippen molar-refractivity contribution in [3.8, 4) is 0 Å². The molecule has 1 amide bonds. The van der Waals surface area contributed by atoms with E-state index in [1.165, 1.54) is 0 Å². The number of nitrogens with one attached hydrogen (secondary N) is 2. The lowest BCUT2D eigenvalue weighted by Crippen LogP contribution is -2.52. The first kappa shape index (κ1) is 17.4. The summed E-state index contributed by atoms with van der Waals surface area (Å²) in [6, 6.07) is -1.66. The van der Waals surface area contributed by atoms with Crippen LogP contribution in [0.15, 0.2) is 0 Å². The van der Waals surface area contributed by atoms with Gasteiger partial charge in [-0.15, -0.1) is 0 Å². The Balaban J connectivity index is 2.55. The fourth-order valence-electron chi connectivity index (χ4n) is 2.10. The molecule has 1 unspecified atom stereocenters. The molecule has 3 N–H and O–H groups in total. The predicted molar refractivity (Wildman–Crippen MR) is 75.7 cm³/mol. The molecule has 0 aromatic rings.